The number of rotatable bonds is 57. The first-order valence-electron chi connectivity index (χ1n) is 49.9. The molecule has 0 saturated carbocycles. The Morgan fingerprint density at radius 3 is 0.843 bits per heavy atom. The minimum Gasteiger partial charge on any atom is -0.450 e. The highest BCUT2D eigenvalue weighted by Gasteiger charge is 2.35. The van der Waals surface area contributed by atoms with Gasteiger partial charge in [0.25, 0.3) is 0 Å². The van der Waals surface area contributed by atoms with E-state index in [4.69, 9.17) is 36.1 Å². The fraction of sp³-hybridized carbons (Fsp3) is 0.581. The van der Waals surface area contributed by atoms with Gasteiger partial charge in [0.1, 0.15) is 0 Å². The van der Waals surface area contributed by atoms with Gasteiger partial charge in [-0.25, -0.2) is 28.8 Å². The van der Waals surface area contributed by atoms with E-state index >= 15 is 0 Å². The Labute approximate surface area is 838 Å². The van der Waals surface area contributed by atoms with Crippen LogP contribution in [0.25, 0.3) is 0 Å². The molecule has 0 fully saturated rings. The van der Waals surface area contributed by atoms with Crippen molar-refractivity contribution >= 4 is 138 Å². The number of Topliss-reactive ketones (excluding diaryl/α,β-unsaturated/α-hetero) is 4. The van der Waals surface area contributed by atoms with E-state index in [2.05, 4.69) is 159 Å². The average Bonchev–Trinajstić information content (AvgIpc) is 0.864. The Balaban J connectivity index is 0.000000634. The molecule has 0 unspecified atom stereocenters. The number of ketones is 4. The highest BCUT2D eigenvalue weighted by Crippen LogP contribution is 2.26. The Hall–Kier alpha value is -10.9. The fourth-order valence-electron chi connectivity index (χ4n) is 14.0. The molecule has 5 aromatic carbocycles. The van der Waals surface area contributed by atoms with Gasteiger partial charge in [0.15, 0.2) is 23.1 Å². The third-order valence-electron chi connectivity index (χ3n) is 23.2. The van der Waals surface area contributed by atoms with Gasteiger partial charge in [-0.1, -0.05) is 240 Å². The van der Waals surface area contributed by atoms with Gasteiger partial charge in [-0.3, -0.25) is 38.4 Å². The van der Waals surface area contributed by atoms with Crippen molar-refractivity contribution in [2.75, 3.05) is 67.3 Å². The number of amides is 12. The van der Waals surface area contributed by atoms with E-state index in [0.717, 1.165) is 79.4 Å². The largest absolute Gasteiger partial charge is 0.450 e. The van der Waals surface area contributed by atoms with E-state index in [1.807, 2.05) is 169 Å². The van der Waals surface area contributed by atoms with Crippen LogP contribution in [0.5, 0.6) is 0 Å². The standard InChI is InChI=1S/C30H44N4O5Si.C26H44N4O5Si.C26H45N3O4Si.C23H38N2O4Si/c1-5-22-13-15-25(16-14-22)33-28(36)24(12-9-17-32-29(31)37)21-27(35)26(20-23-10-7-6-8-11-23)34-30(38)39-18-19-40(2,3)4;1-7-19-10-12-21(13-11-19)29-24(32)20(9-8-14-28-25(27)33)17-22(31)23(18(2)3)30-26(34)35-15-16-36(4,5)6;1-7-20-11-13-22(14-12-20)28-25(31)21(10-8-9-15-27)18-23(30)24(19(2)3)29-26(32)33-16-17-34(4,5)6;1-8-18-9-11-19(12-10-18)24-22(27)17(4)15-20(26)21(16(2)3)25-23(28)29-13-14-30(5,6)7/h6-8,10-11,13-16,24,26H,5,9,12,17-21H2,1-4H3,(H,33,36)(H,34,38)(H3,31,32,37);10-13,18,20,23H,7-9,14-17H2,1-6H3,(H,29,32)(H,30,34)(H3,27,28,33);11-14,19,21,24H,7-10,15-18,27H2,1-6H3,(H,28,31)(H,29,32);9-12,16-17,21H,8,13-15H2,1-7H3,(H,24,27)(H,25,28)/t24-,26+;20-,23+;21-,24+;17-,21+/m1111/s1. The second-order valence-electron chi connectivity index (χ2n) is 41.8. The normalized spacial score (nSPS) is 13.1. The number of urea groups is 2. The van der Waals surface area contributed by atoms with Gasteiger partial charge in [0.2, 0.25) is 23.6 Å². The van der Waals surface area contributed by atoms with Crippen molar-refractivity contribution in [3.8, 4) is 0 Å². The Bertz CT molecular complexity index is 4600. The van der Waals surface area contributed by atoms with Crippen LogP contribution in [0.15, 0.2) is 127 Å². The molecule has 0 bridgehead atoms. The molecule has 0 saturated heterocycles. The van der Waals surface area contributed by atoms with E-state index in [-0.39, 0.29) is 103 Å². The summed E-state index contributed by atoms with van der Waals surface area (Å²) in [6, 6.07) is 39.0. The summed E-state index contributed by atoms with van der Waals surface area (Å²) in [4.78, 5) is 176. The molecule has 0 spiro atoms. The smallest absolute Gasteiger partial charge is 0.407 e. The molecule has 0 heterocycles. The topological polar surface area (TPSA) is 474 Å². The maximum absolute atomic E-state index is 13.6. The third kappa shape index (κ3) is 57.1. The van der Waals surface area contributed by atoms with E-state index in [1.165, 1.54) is 11.1 Å². The lowest BCUT2D eigenvalue weighted by molar-refractivity contribution is -0.128. The molecule has 5 rings (SSSR count). The molecular formula is C105H171N13O18Si4. The molecule has 0 radical (unpaired) electrons. The first-order valence-corrected chi connectivity index (χ1v) is 64.7. The number of nitrogens with two attached hydrogens (primary N) is 3. The minimum atomic E-state index is -1.39. The van der Waals surface area contributed by atoms with E-state index in [0.29, 0.717) is 94.4 Å². The van der Waals surface area contributed by atoms with Gasteiger partial charge in [-0.05, 0) is 195 Å². The van der Waals surface area contributed by atoms with Gasteiger partial charge < -0.3 is 89.3 Å². The minimum absolute atomic E-state index is 0.0481. The molecule has 0 aliphatic carbocycles. The van der Waals surface area contributed by atoms with Crippen molar-refractivity contribution in [1.29, 1.82) is 0 Å². The van der Waals surface area contributed by atoms with Crippen LogP contribution in [-0.2, 0) is 89.4 Å². The van der Waals surface area contributed by atoms with Crippen molar-refractivity contribution in [2.45, 2.75) is 306 Å². The van der Waals surface area contributed by atoms with Crippen LogP contribution in [0.4, 0.5) is 51.5 Å². The molecule has 12 amide bonds. The number of anilines is 4. The van der Waals surface area contributed by atoms with Gasteiger partial charge >= 0.3 is 36.4 Å². The number of carbonyl (C=O) groups is 14. The third-order valence-corrected chi connectivity index (χ3v) is 30.0. The number of hydrogen-bond acceptors (Lipinski definition) is 19. The van der Waals surface area contributed by atoms with Gasteiger partial charge in [-0.15, -0.1) is 0 Å². The van der Waals surface area contributed by atoms with Crippen LogP contribution in [0.1, 0.15) is 175 Å². The van der Waals surface area contributed by atoms with Crippen molar-refractivity contribution < 1.29 is 86.1 Å². The summed E-state index contributed by atoms with van der Waals surface area (Å²) < 4.78 is 21.3. The summed E-state index contributed by atoms with van der Waals surface area (Å²) >= 11 is 0. The van der Waals surface area contributed by atoms with E-state index in [1.54, 1.807) is 6.92 Å². The second-order valence-corrected chi connectivity index (χ2v) is 64.2. The molecule has 140 heavy (non-hydrogen) atoms. The van der Waals surface area contributed by atoms with Crippen molar-refractivity contribution in [3.63, 3.8) is 0 Å². The lowest BCUT2D eigenvalue weighted by Crippen LogP contribution is -2.46. The van der Waals surface area contributed by atoms with Crippen LogP contribution in [0.2, 0.25) is 103 Å². The average molecular weight is 2020 g/mol. The Kier molecular flexibility index (Phi) is 59.0. The van der Waals surface area contributed by atoms with Gasteiger partial charge in [0.05, 0.1) is 50.6 Å². The molecule has 0 aliphatic heterocycles. The summed E-state index contributed by atoms with van der Waals surface area (Å²) in [7, 11) is -5.36. The number of ether oxygens (including phenoxy) is 4. The van der Waals surface area contributed by atoms with Crippen LogP contribution < -0.4 is 70.4 Å². The number of alkyl carbamates (subject to hydrolysis) is 4. The summed E-state index contributed by atoms with van der Waals surface area (Å²) in [6.45, 7) is 50.0. The van der Waals surface area contributed by atoms with E-state index in [9.17, 15) is 67.1 Å². The van der Waals surface area contributed by atoms with Crippen LogP contribution in [0.3, 0.4) is 0 Å². The monoisotopic (exact) mass is 2010 g/mol. The molecule has 16 N–H and O–H groups in total. The van der Waals surface area contributed by atoms with Crippen LogP contribution >= 0.6 is 0 Å². The summed E-state index contributed by atoms with van der Waals surface area (Å²) in [5, 5.41) is 27.5. The SMILES string of the molecule is CCc1ccc(NC(=O)[C@H](C)CC(=O)[C@@H](NC(=O)OCC[Si](C)(C)C)C(C)C)cc1.CCc1ccc(NC(=O)[C@H](CCCCN)CC(=O)[C@@H](NC(=O)OCC[Si](C)(C)C)C(C)C)cc1.CCc1ccc(NC(=O)[C@H](CCCNC(N)=O)CC(=O)[C@@H](NC(=O)OCC[Si](C)(C)C)C(C)C)cc1.CCc1ccc(NC(=O)[C@H](CCCNC(N)=O)CC(=O)[C@H](Cc2ccccc2)NC(=O)OCC[Si](C)(C)C)cc1. The fourth-order valence-corrected chi connectivity index (χ4v) is 16.9. The number of unbranched alkanes of at least 4 members (excludes halogenated alkanes) is 1. The molecule has 8 atom stereocenters. The molecule has 780 valence electrons. The zero-order valence-corrected chi connectivity index (χ0v) is 92.1. The second kappa shape index (κ2) is 66.0. The van der Waals surface area contributed by atoms with Gasteiger partial charge in [0, 0.05) is 117 Å². The van der Waals surface area contributed by atoms with Crippen molar-refractivity contribution in [2.24, 2.45) is 58.6 Å². The van der Waals surface area contributed by atoms with Crippen molar-refractivity contribution in [3.05, 3.63) is 155 Å². The summed E-state index contributed by atoms with van der Waals surface area (Å²) in [5.41, 5.74) is 24.2. The predicted octanol–water partition coefficient (Wildman–Crippen LogP) is 19.0. The molecular weight excluding hydrogens is 1840 g/mol. The molecule has 35 heteroatoms. The number of primary amides is 2. The summed E-state index contributed by atoms with van der Waals surface area (Å²) in [5.74, 6) is -4.52. The molecule has 0 aromatic heterocycles. The highest BCUT2D eigenvalue weighted by molar-refractivity contribution is 6.77. The number of nitrogens with one attached hydrogen (secondary N) is 10. The first kappa shape index (κ1) is 125. The Morgan fingerprint density at radius 2 is 0.579 bits per heavy atom. The maximum Gasteiger partial charge on any atom is 0.407 e. The molecule has 31 nitrogen and oxygen atoms in total. The summed E-state index contributed by atoms with van der Waals surface area (Å²) in [6.07, 6.45) is 5.24. The van der Waals surface area contributed by atoms with Crippen LogP contribution in [-0.4, -0.2) is 186 Å². The van der Waals surface area contributed by atoms with Crippen molar-refractivity contribution in [1.82, 2.24) is 31.9 Å². The highest BCUT2D eigenvalue weighted by atomic mass is 28.3. The molecule has 5 aromatic rings. The number of benzene rings is 5. The first-order chi connectivity index (χ1) is 65.7. The Morgan fingerprint density at radius 1 is 0.314 bits per heavy atom. The van der Waals surface area contributed by atoms with Gasteiger partial charge in [-0.2, -0.15) is 0 Å². The zero-order chi connectivity index (χ0) is 105. The number of aryl methyl sites for hydroxylation is 4. The number of carbonyl (C=O) groups excluding carboxylic acids is 14. The predicted molar refractivity (Wildman–Crippen MR) is 573 cm³/mol. The quantitative estimate of drug-likeness (QED) is 0.00977. The zero-order valence-electron chi connectivity index (χ0n) is 88.1. The lowest BCUT2D eigenvalue weighted by Gasteiger charge is -2.24. The van der Waals surface area contributed by atoms with E-state index < -0.39 is 117 Å². The van der Waals surface area contributed by atoms with Crippen LogP contribution in [0, 0.1) is 41.4 Å². The number of hydrogen-bond donors (Lipinski definition) is 13. The molecule has 0 aliphatic rings. The lowest BCUT2D eigenvalue weighted by atomic mass is 9.89. The maximum atomic E-state index is 13.6.